The number of benzene rings is 1. The van der Waals surface area contributed by atoms with Gasteiger partial charge in [-0.05, 0) is 58.2 Å². The van der Waals surface area contributed by atoms with E-state index in [1.54, 1.807) is 19.2 Å². The Morgan fingerprint density at radius 3 is 2.00 bits per heavy atom. The van der Waals surface area contributed by atoms with Crippen molar-refractivity contribution in [2.45, 2.75) is 64.3 Å². The molecule has 2 atom stereocenters. The Morgan fingerprint density at radius 2 is 1.54 bits per heavy atom. The van der Waals surface area contributed by atoms with Gasteiger partial charge in [0, 0.05) is 63.6 Å². The second kappa shape index (κ2) is 15.6. The number of rotatable bonds is 8. The molecule has 11 nitrogen and oxygen atoms in total. The molecule has 2 aliphatic heterocycles. The summed E-state index contributed by atoms with van der Waals surface area (Å²) in [5.74, 6) is -2.51. The van der Waals surface area contributed by atoms with Crippen molar-refractivity contribution < 1.29 is 42.5 Å². The molecule has 1 aromatic carbocycles. The molecule has 4 rings (SSSR count). The van der Waals surface area contributed by atoms with Gasteiger partial charge in [0.05, 0.1) is 35.2 Å². The number of carboxylic acids is 2. The number of piperazine rings is 1. The van der Waals surface area contributed by atoms with Gasteiger partial charge in [-0.25, -0.2) is 19.6 Å². The first kappa shape index (κ1) is 36.6. The van der Waals surface area contributed by atoms with Gasteiger partial charge in [0.15, 0.2) is 0 Å². The van der Waals surface area contributed by atoms with E-state index >= 15 is 0 Å². The molecule has 0 aliphatic carbocycles. The van der Waals surface area contributed by atoms with Gasteiger partial charge >= 0.3 is 18.1 Å². The van der Waals surface area contributed by atoms with Gasteiger partial charge < -0.3 is 19.8 Å². The Balaban J connectivity index is 0.000000637. The van der Waals surface area contributed by atoms with Gasteiger partial charge in [0.25, 0.3) is 5.91 Å². The molecule has 1 amide bonds. The Kier molecular flexibility index (Phi) is 12.4. The minimum absolute atomic E-state index is 0.000198. The molecular formula is C32H42F3N5O6. The van der Waals surface area contributed by atoms with Crippen LogP contribution in [0.1, 0.15) is 65.6 Å². The predicted molar refractivity (Wildman–Crippen MR) is 163 cm³/mol. The minimum atomic E-state index is -4.35. The van der Waals surface area contributed by atoms with Crippen molar-refractivity contribution in [1.82, 2.24) is 24.7 Å². The van der Waals surface area contributed by atoms with Crippen LogP contribution in [-0.2, 0) is 20.5 Å². The van der Waals surface area contributed by atoms with Gasteiger partial charge in [-0.1, -0.05) is 12.1 Å². The molecular weight excluding hydrogens is 607 g/mol. The first-order chi connectivity index (χ1) is 21.6. The number of hydrogen-bond acceptors (Lipinski definition) is 8. The zero-order valence-corrected chi connectivity index (χ0v) is 26.8. The third-order valence-electron chi connectivity index (χ3n) is 8.73. The molecule has 0 saturated carbocycles. The lowest BCUT2D eigenvalue weighted by molar-refractivity contribution is -0.137. The van der Waals surface area contributed by atoms with E-state index in [4.69, 9.17) is 14.9 Å². The Bertz CT molecular complexity index is 1360. The highest BCUT2D eigenvalue weighted by Gasteiger charge is 2.41. The summed E-state index contributed by atoms with van der Waals surface area (Å²) >= 11 is 0. The molecule has 0 unspecified atom stereocenters. The molecule has 2 saturated heterocycles. The third-order valence-corrected chi connectivity index (χ3v) is 8.73. The number of methoxy groups -OCH3 is 1. The number of aromatic nitrogens is 2. The summed E-state index contributed by atoms with van der Waals surface area (Å²) in [6.45, 7) is 12.4. The normalized spacial score (nSPS) is 19.7. The van der Waals surface area contributed by atoms with Crippen LogP contribution in [0.25, 0.3) is 0 Å². The fourth-order valence-electron chi connectivity index (χ4n) is 6.07. The van der Waals surface area contributed by atoms with Crippen LogP contribution in [0, 0.1) is 13.8 Å². The second-order valence-corrected chi connectivity index (χ2v) is 11.8. The van der Waals surface area contributed by atoms with Crippen molar-refractivity contribution in [2.24, 2.45) is 0 Å². The lowest BCUT2D eigenvalue weighted by Crippen LogP contribution is -2.62. The summed E-state index contributed by atoms with van der Waals surface area (Å²) in [6, 6.07) is 5.52. The Morgan fingerprint density at radius 1 is 1.00 bits per heavy atom. The van der Waals surface area contributed by atoms with E-state index in [-0.39, 0.29) is 23.5 Å². The van der Waals surface area contributed by atoms with Crippen molar-refractivity contribution in [1.29, 1.82) is 0 Å². The quantitative estimate of drug-likeness (QED) is 0.400. The second-order valence-electron chi connectivity index (χ2n) is 11.8. The number of amides is 1. The van der Waals surface area contributed by atoms with Crippen LogP contribution in [0.15, 0.2) is 42.7 Å². The van der Waals surface area contributed by atoms with Crippen LogP contribution < -0.4 is 0 Å². The van der Waals surface area contributed by atoms with Crippen LogP contribution in [0.3, 0.4) is 0 Å². The number of halogens is 3. The monoisotopic (exact) mass is 649 g/mol. The zero-order valence-electron chi connectivity index (χ0n) is 26.8. The summed E-state index contributed by atoms with van der Waals surface area (Å²) in [7, 11) is 1.62. The number of hydrogen-bond donors (Lipinski definition) is 2. The Hall–Kier alpha value is -3.88. The standard InChI is InChI=1S/C28H38F3N5O2.C4H4O4/c1-19-16-35(14-15-36(19)24(17-38-5)22-6-8-23(9-7-22)28(29,30)31)27(4)10-12-34(13-11-27)26(37)25-20(2)32-18-33-21(25)3;5-3(6)1-2-4(7)8/h6-9,18-19,24H,10-17H2,1-5H3;1-2H,(H,5,6)(H,7,8)/t19-,24-;/m0./s1. The molecule has 2 aromatic rings. The van der Waals surface area contributed by atoms with E-state index in [0.717, 1.165) is 50.2 Å². The zero-order chi connectivity index (χ0) is 34.2. The van der Waals surface area contributed by atoms with Gasteiger partial charge in [-0.15, -0.1) is 0 Å². The third kappa shape index (κ3) is 9.33. The highest BCUT2D eigenvalue weighted by atomic mass is 19.4. The number of alkyl halides is 3. The molecule has 252 valence electrons. The summed E-state index contributed by atoms with van der Waals surface area (Å²) in [6.07, 6.45) is 0.000613. The molecule has 1 aromatic heterocycles. The van der Waals surface area contributed by atoms with Crippen molar-refractivity contribution in [2.75, 3.05) is 46.4 Å². The average molecular weight is 650 g/mol. The summed E-state index contributed by atoms with van der Waals surface area (Å²) in [5.41, 5.74) is 2.18. The topological polar surface area (TPSA) is 136 Å². The summed E-state index contributed by atoms with van der Waals surface area (Å²) in [4.78, 5) is 47.5. The number of likely N-dealkylation sites (tertiary alicyclic amines) is 1. The first-order valence-corrected chi connectivity index (χ1v) is 15.0. The summed E-state index contributed by atoms with van der Waals surface area (Å²) < 4.78 is 44.7. The van der Waals surface area contributed by atoms with Crippen LogP contribution in [0.2, 0.25) is 0 Å². The predicted octanol–water partition coefficient (Wildman–Crippen LogP) is 4.21. The van der Waals surface area contributed by atoms with E-state index in [2.05, 4.69) is 33.6 Å². The molecule has 2 aliphatic rings. The number of carboxylic acid groups (broad SMARTS) is 2. The highest BCUT2D eigenvalue weighted by Crippen LogP contribution is 2.35. The van der Waals surface area contributed by atoms with Crippen LogP contribution in [-0.4, -0.2) is 111 Å². The minimum Gasteiger partial charge on any atom is -0.478 e. The number of piperidine rings is 1. The molecule has 2 fully saturated rings. The summed E-state index contributed by atoms with van der Waals surface area (Å²) in [5, 5.41) is 15.6. The van der Waals surface area contributed by atoms with Gasteiger partial charge in [-0.2, -0.15) is 13.2 Å². The fraction of sp³-hybridized carbons (Fsp3) is 0.531. The van der Waals surface area contributed by atoms with E-state index in [1.807, 2.05) is 18.7 Å². The molecule has 3 heterocycles. The van der Waals surface area contributed by atoms with Gasteiger partial charge in [-0.3, -0.25) is 14.6 Å². The highest BCUT2D eigenvalue weighted by molar-refractivity contribution is 5.96. The molecule has 0 spiro atoms. The van der Waals surface area contributed by atoms with Crippen molar-refractivity contribution >= 4 is 17.8 Å². The van der Waals surface area contributed by atoms with E-state index in [9.17, 15) is 27.6 Å². The molecule has 2 N–H and O–H groups in total. The fourth-order valence-corrected chi connectivity index (χ4v) is 6.07. The number of aliphatic carboxylic acids is 2. The number of carbonyl (C=O) groups is 3. The smallest absolute Gasteiger partial charge is 0.416 e. The largest absolute Gasteiger partial charge is 0.478 e. The van der Waals surface area contributed by atoms with E-state index in [0.29, 0.717) is 48.8 Å². The van der Waals surface area contributed by atoms with Gasteiger partial charge in [0.1, 0.15) is 6.33 Å². The Labute approximate surface area is 266 Å². The maximum Gasteiger partial charge on any atom is 0.416 e. The van der Waals surface area contributed by atoms with E-state index in [1.165, 1.54) is 6.33 Å². The lowest BCUT2D eigenvalue weighted by atomic mass is 9.86. The molecule has 14 heteroatoms. The maximum atomic E-state index is 13.2. The molecule has 46 heavy (non-hydrogen) atoms. The average Bonchev–Trinajstić information content (AvgIpc) is 2.99. The van der Waals surface area contributed by atoms with Crippen LogP contribution >= 0.6 is 0 Å². The first-order valence-electron chi connectivity index (χ1n) is 15.0. The van der Waals surface area contributed by atoms with Crippen molar-refractivity contribution in [3.63, 3.8) is 0 Å². The van der Waals surface area contributed by atoms with Crippen LogP contribution in [0.4, 0.5) is 13.2 Å². The number of ether oxygens (including phenoxy) is 1. The van der Waals surface area contributed by atoms with Gasteiger partial charge in [0.2, 0.25) is 0 Å². The number of nitrogens with zero attached hydrogens (tertiary/aromatic N) is 5. The van der Waals surface area contributed by atoms with Crippen molar-refractivity contribution in [3.8, 4) is 0 Å². The number of aryl methyl sites for hydroxylation is 2. The van der Waals surface area contributed by atoms with Crippen molar-refractivity contribution in [3.05, 3.63) is 70.8 Å². The maximum absolute atomic E-state index is 13.2. The SMILES string of the molecule is COC[C@@H](c1ccc(C(F)(F)F)cc1)N1CCN(C2(C)CCN(C(=O)c3c(C)ncnc3C)CC2)C[C@@H]1C.O=C(O)C=CC(=O)O. The van der Waals surface area contributed by atoms with E-state index < -0.39 is 23.7 Å². The molecule has 0 radical (unpaired) electrons. The number of carbonyl (C=O) groups excluding carboxylic acids is 1. The lowest BCUT2D eigenvalue weighted by Gasteiger charge is -2.52. The van der Waals surface area contributed by atoms with Crippen LogP contribution in [0.5, 0.6) is 0 Å². The molecule has 0 bridgehead atoms.